The molecule has 0 radical (unpaired) electrons. The van der Waals surface area contributed by atoms with E-state index in [4.69, 9.17) is 5.73 Å². The first-order chi connectivity index (χ1) is 9.63. The summed E-state index contributed by atoms with van der Waals surface area (Å²) in [5, 5.41) is 4.14. The van der Waals surface area contributed by atoms with Gasteiger partial charge in [0.15, 0.2) is 0 Å². The maximum Gasteiger partial charge on any atom is 0.257 e. The first-order valence-electron chi connectivity index (χ1n) is 6.91. The van der Waals surface area contributed by atoms with E-state index in [2.05, 4.69) is 38.8 Å². The van der Waals surface area contributed by atoms with E-state index < -0.39 is 0 Å². The van der Waals surface area contributed by atoms with Gasteiger partial charge < -0.3 is 10.6 Å². The second kappa shape index (κ2) is 5.07. The van der Waals surface area contributed by atoms with Crippen LogP contribution in [-0.2, 0) is 0 Å². The van der Waals surface area contributed by atoms with E-state index in [-0.39, 0.29) is 5.95 Å². The Morgan fingerprint density at radius 1 is 1.35 bits per heavy atom. The fraction of sp³-hybridized carbons (Fsp3) is 0.538. The summed E-state index contributed by atoms with van der Waals surface area (Å²) in [6, 6.07) is 2.36. The molecule has 2 N–H and O–H groups in total. The van der Waals surface area contributed by atoms with E-state index in [0.717, 1.165) is 6.54 Å². The van der Waals surface area contributed by atoms with Crippen molar-refractivity contribution >= 4 is 11.9 Å². The smallest absolute Gasteiger partial charge is 0.257 e. The van der Waals surface area contributed by atoms with Crippen molar-refractivity contribution in [1.29, 1.82) is 0 Å². The van der Waals surface area contributed by atoms with Gasteiger partial charge in [0.2, 0.25) is 11.9 Å². The molecule has 0 saturated heterocycles. The molecular weight excluding hydrogens is 254 g/mol. The zero-order chi connectivity index (χ0) is 14.1. The largest absolute Gasteiger partial charge is 0.368 e. The van der Waals surface area contributed by atoms with Crippen LogP contribution in [0.25, 0.3) is 5.95 Å². The monoisotopic (exact) mass is 273 g/mol. The third kappa shape index (κ3) is 2.71. The molecule has 7 nitrogen and oxygen atoms in total. The first-order valence-corrected chi connectivity index (χ1v) is 6.91. The summed E-state index contributed by atoms with van der Waals surface area (Å²) >= 11 is 0. The van der Waals surface area contributed by atoms with E-state index in [1.807, 2.05) is 6.07 Å². The average Bonchev–Trinajstić information content (AvgIpc) is 3.08. The molecule has 0 spiro atoms. The molecule has 0 aliphatic heterocycles. The number of nitrogens with zero attached hydrogens (tertiary/aromatic N) is 6. The van der Waals surface area contributed by atoms with Gasteiger partial charge in [-0.3, -0.25) is 0 Å². The summed E-state index contributed by atoms with van der Waals surface area (Å²) < 4.78 is 1.60. The minimum absolute atomic E-state index is 0.231. The van der Waals surface area contributed by atoms with Crippen molar-refractivity contribution in [2.24, 2.45) is 5.92 Å². The quantitative estimate of drug-likeness (QED) is 0.882. The van der Waals surface area contributed by atoms with Crippen LogP contribution in [0.2, 0.25) is 0 Å². The average molecular weight is 273 g/mol. The van der Waals surface area contributed by atoms with E-state index in [9.17, 15) is 0 Å². The van der Waals surface area contributed by atoms with Crippen molar-refractivity contribution in [3.05, 3.63) is 18.5 Å². The van der Waals surface area contributed by atoms with Gasteiger partial charge >= 0.3 is 0 Å². The standard InChI is InChI=1S/C13H19N7/c1-9(2)8-19(10-4-5-10)12-16-11(14)17-13(18-12)20-7-3-6-15-20/h3,6-7,9-10H,4-5,8H2,1-2H3,(H2,14,16,17,18). The molecule has 2 heterocycles. The summed E-state index contributed by atoms with van der Waals surface area (Å²) in [6.45, 7) is 5.30. The third-order valence-electron chi connectivity index (χ3n) is 3.14. The van der Waals surface area contributed by atoms with E-state index in [0.29, 0.717) is 23.9 Å². The fourth-order valence-corrected chi connectivity index (χ4v) is 2.16. The Kier molecular flexibility index (Phi) is 3.25. The molecule has 106 valence electrons. The van der Waals surface area contributed by atoms with Crippen LogP contribution >= 0.6 is 0 Å². The Morgan fingerprint density at radius 3 is 2.75 bits per heavy atom. The summed E-state index contributed by atoms with van der Waals surface area (Å²) in [5.74, 6) is 1.89. The number of nitrogens with two attached hydrogens (primary N) is 1. The van der Waals surface area contributed by atoms with Crippen LogP contribution in [-0.4, -0.2) is 37.3 Å². The highest BCUT2D eigenvalue weighted by Crippen LogP contribution is 2.30. The molecule has 0 aromatic carbocycles. The highest BCUT2D eigenvalue weighted by Gasteiger charge is 2.31. The first kappa shape index (κ1) is 12.8. The number of hydrogen-bond donors (Lipinski definition) is 1. The second-order valence-electron chi connectivity index (χ2n) is 5.52. The Labute approximate surface area is 117 Å². The zero-order valence-corrected chi connectivity index (χ0v) is 11.8. The third-order valence-corrected chi connectivity index (χ3v) is 3.14. The molecule has 0 atom stereocenters. The second-order valence-corrected chi connectivity index (χ2v) is 5.52. The Hall–Kier alpha value is -2.18. The van der Waals surface area contributed by atoms with Crippen molar-refractivity contribution < 1.29 is 0 Å². The van der Waals surface area contributed by atoms with E-state index in [1.54, 1.807) is 17.1 Å². The van der Waals surface area contributed by atoms with Crippen LogP contribution in [0.5, 0.6) is 0 Å². The molecule has 3 rings (SSSR count). The van der Waals surface area contributed by atoms with E-state index >= 15 is 0 Å². The van der Waals surface area contributed by atoms with Crippen molar-refractivity contribution in [3.63, 3.8) is 0 Å². The molecule has 20 heavy (non-hydrogen) atoms. The van der Waals surface area contributed by atoms with Crippen LogP contribution < -0.4 is 10.6 Å². The van der Waals surface area contributed by atoms with Gasteiger partial charge in [0, 0.05) is 25.0 Å². The Balaban J connectivity index is 1.95. The minimum atomic E-state index is 0.231. The van der Waals surface area contributed by atoms with Crippen LogP contribution in [0.3, 0.4) is 0 Å². The summed E-state index contributed by atoms with van der Waals surface area (Å²) in [7, 11) is 0. The van der Waals surface area contributed by atoms with Crippen molar-refractivity contribution in [2.45, 2.75) is 32.7 Å². The van der Waals surface area contributed by atoms with Gasteiger partial charge in [0.25, 0.3) is 5.95 Å². The highest BCUT2D eigenvalue weighted by molar-refractivity contribution is 5.40. The normalized spacial score (nSPS) is 14.8. The maximum absolute atomic E-state index is 5.82. The zero-order valence-electron chi connectivity index (χ0n) is 11.8. The Bertz CT molecular complexity index is 574. The molecule has 7 heteroatoms. The molecule has 0 bridgehead atoms. The number of aromatic nitrogens is 5. The van der Waals surface area contributed by atoms with Gasteiger partial charge in [0.05, 0.1) is 0 Å². The Morgan fingerprint density at radius 2 is 2.15 bits per heavy atom. The summed E-state index contributed by atoms with van der Waals surface area (Å²) in [6.07, 6.45) is 5.86. The van der Waals surface area contributed by atoms with Crippen LogP contribution in [0.1, 0.15) is 26.7 Å². The minimum Gasteiger partial charge on any atom is -0.368 e. The van der Waals surface area contributed by atoms with Crippen molar-refractivity contribution in [2.75, 3.05) is 17.2 Å². The van der Waals surface area contributed by atoms with Crippen LogP contribution in [0.15, 0.2) is 18.5 Å². The van der Waals surface area contributed by atoms with Crippen molar-refractivity contribution in [1.82, 2.24) is 24.7 Å². The topological polar surface area (TPSA) is 85.8 Å². The van der Waals surface area contributed by atoms with Crippen LogP contribution in [0.4, 0.5) is 11.9 Å². The molecule has 2 aromatic rings. The predicted molar refractivity (Wildman–Crippen MR) is 76.6 cm³/mol. The molecule has 1 fully saturated rings. The number of anilines is 2. The van der Waals surface area contributed by atoms with Gasteiger partial charge in [-0.15, -0.1) is 0 Å². The molecule has 1 aliphatic rings. The fourth-order valence-electron chi connectivity index (χ4n) is 2.16. The number of rotatable bonds is 5. The molecule has 2 aromatic heterocycles. The van der Waals surface area contributed by atoms with Gasteiger partial charge in [0.1, 0.15) is 0 Å². The molecule has 0 amide bonds. The molecule has 0 unspecified atom stereocenters. The van der Waals surface area contributed by atoms with Gasteiger partial charge in [-0.2, -0.15) is 20.1 Å². The van der Waals surface area contributed by atoms with Gasteiger partial charge in [-0.1, -0.05) is 13.8 Å². The highest BCUT2D eigenvalue weighted by atomic mass is 15.4. The van der Waals surface area contributed by atoms with Gasteiger partial charge in [-0.25, -0.2) is 4.68 Å². The van der Waals surface area contributed by atoms with Crippen LogP contribution in [0, 0.1) is 5.92 Å². The lowest BCUT2D eigenvalue weighted by Gasteiger charge is -2.24. The summed E-state index contributed by atoms with van der Waals surface area (Å²) in [5.41, 5.74) is 5.82. The molecular formula is C13H19N7. The molecule has 1 saturated carbocycles. The molecule has 1 aliphatic carbocycles. The predicted octanol–water partition coefficient (Wildman–Crippen LogP) is 1.26. The van der Waals surface area contributed by atoms with Gasteiger partial charge in [-0.05, 0) is 24.8 Å². The lowest BCUT2D eigenvalue weighted by atomic mass is 10.2. The lowest BCUT2D eigenvalue weighted by Crippen LogP contribution is -2.32. The number of hydrogen-bond acceptors (Lipinski definition) is 6. The number of nitrogen functional groups attached to an aromatic ring is 1. The van der Waals surface area contributed by atoms with Crippen molar-refractivity contribution in [3.8, 4) is 5.95 Å². The SMILES string of the molecule is CC(C)CN(c1nc(N)nc(-n2cccn2)n1)C1CC1. The maximum atomic E-state index is 5.82. The summed E-state index contributed by atoms with van der Waals surface area (Å²) in [4.78, 5) is 15.2. The van der Waals surface area contributed by atoms with E-state index in [1.165, 1.54) is 12.8 Å². The lowest BCUT2D eigenvalue weighted by molar-refractivity contribution is 0.595.